The van der Waals surface area contributed by atoms with Gasteiger partial charge in [-0.05, 0) is 12.1 Å². The molecule has 0 spiro atoms. The van der Waals surface area contributed by atoms with E-state index in [2.05, 4.69) is 15.7 Å². The van der Waals surface area contributed by atoms with Crippen molar-refractivity contribution in [1.29, 1.82) is 0 Å². The maximum absolute atomic E-state index is 8.80. The van der Waals surface area contributed by atoms with Crippen LogP contribution in [0, 0.1) is 0 Å². The Morgan fingerprint density at radius 3 is 1.55 bits per heavy atom. The van der Waals surface area contributed by atoms with E-state index in [0.717, 1.165) is 0 Å². The first-order valence-electron chi connectivity index (χ1n) is 2.38. The summed E-state index contributed by atoms with van der Waals surface area (Å²) in [4.78, 5) is 3.78. The topological polar surface area (TPSA) is 47.0 Å². The van der Waals surface area contributed by atoms with Crippen molar-refractivity contribution >= 4 is 33.0 Å². The fourth-order valence-electron chi connectivity index (χ4n) is 0.313. The molecule has 6 heteroatoms. The quantitative estimate of drug-likeness (QED) is 0.524. The van der Waals surface area contributed by atoms with Gasteiger partial charge in [-0.15, -0.1) is 12.4 Å². The molecule has 0 N–H and O–H groups in total. The van der Waals surface area contributed by atoms with Crippen molar-refractivity contribution in [2.75, 3.05) is 0 Å². The van der Waals surface area contributed by atoms with E-state index in [1.807, 2.05) is 18.2 Å². The Kier molecular flexibility index (Phi) is 11.7. The molecular weight excluding hydrogens is 209 g/mol. The Labute approximate surface area is 77.3 Å². The molecule has 0 saturated heterocycles. The van der Waals surface area contributed by atoms with Crippen molar-refractivity contribution in [3.63, 3.8) is 0 Å². The standard InChI is InChI=1S/C5H5N.ClHO2S.ClH/c1-2-4-6-5-3-1;1-4(2)3;/h1-5H;4H;1H. The van der Waals surface area contributed by atoms with Gasteiger partial charge in [0.15, 0.2) is 0 Å². The summed E-state index contributed by atoms with van der Waals surface area (Å²) in [6, 6.07) is 5.72. The van der Waals surface area contributed by atoms with Crippen molar-refractivity contribution in [3.05, 3.63) is 30.6 Å². The molecule has 3 nitrogen and oxygen atoms in total. The van der Waals surface area contributed by atoms with Crippen LogP contribution in [0.5, 0.6) is 0 Å². The van der Waals surface area contributed by atoms with E-state index in [1.54, 1.807) is 12.4 Å². The van der Waals surface area contributed by atoms with Gasteiger partial charge < -0.3 is 0 Å². The molecule has 0 unspecified atom stereocenters. The maximum Gasteiger partial charge on any atom is 0.222 e. The van der Waals surface area contributed by atoms with Crippen LogP contribution in [-0.4, -0.2) is 13.4 Å². The van der Waals surface area contributed by atoms with Crippen LogP contribution in [0.25, 0.3) is 0 Å². The molecule has 64 valence electrons. The molecule has 1 aromatic heterocycles. The number of rotatable bonds is 0. The molecule has 0 aliphatic rings. The van der Waals surface area contributed by atoms with Crippen LogP contribution in [0.4, 0.5) is 0 Å². The highest BCUT2D eigenvalue weighted by atomic mass is 35.7. The number of hydrogen-bond donors (Lipinski definition) is 1. The summed E-state index contributed by atoms with van der Waals surface area (Å²) in [6.45, 7) is 0. The third-order valence-electron chi connectivity index (χ3n) is 0.566. The summed E-state index contributed by atoms with van der Waals surface area (Å²) in [6.07, 6.45) is 3.50. The third kappa shape index (κ3) is 17.7. The molecule has 0 aromatic carbocycles. The smallest absolute Gasteiger partial charge is 0.222 e. The van der Waals surface area contributed by atoms with Gasteiger partial charge in [-0.25, -0.2) is 8.42 Å². The number of thiol groups is 1. The lowest BCUT2D eigenvalue weighted by Crippen LogP contribution is -1.58. The molecule has 0 amide bonds. The SMILES string of the molecule is Cl.O=[SH](=O)Cl.c1ccncc1. The van der Waals surface area contributed by atoms with Gasteiger partial charge in [-0.3, -0.25) is 4.98 Å². The summed E-state index contributed by atoms with van der Waals surface area (Å²) < 4.78 is 17.6. The van der Waals surface area contributed by atoms with Crippen molar-refractivity contribution in [2.45, 2.75) is 0 Å². The van der Waals surface area contributed by atoms with Crippen LogP contribution in [0.2, 0.25) is 0 Å². The number of hydrogen-bond acceptors (Lipinski definition) is 3. The van der Waals surface area contributed by atoms with Gasteiger partial charge in [0, 0.05) is 23.1 Å². The van der Waals surface area contributed by atoms with Crippen LogP contribution in [-0.2, 0) is 9.92 Å². The van der Waals surface area contributed by atoms with E-state index < -0.39 is 9.92 Å². The zero-order valence-corrected chi connectivity index (χ0v) is 7.85. The molecule has 0 bridgehead atoms. The van der Waals surface area contributed by atoms with E-state index >= 15 is 0 Å². The predicted octanol–water partition coefficient (Wildman–Crippen LogP) is 1.25. The highest BCUT2D eigenvalue weighted by Gasteiger charge is 1.58. The Hall–Kier alpha value is -0.320. The summed E-state index contributed by atoms with van der Waals surface area (Å²) in [5.41, 5.74) is 0. The molecule has 1 heterocycles. The lowest BCUT2D eigenvalue weighted by molar-refractivity contribution is 0.626. The molecule has 0 radical (unpaired) electrons. The second-order valence-corrected chi connectivity index (χ2v) is 2.49. The highest BCUT2D eigenvalue weighted by Crippen LogP contribution is 1.73. The van der Waals surface area contributed by atoms with Crippen LogP contribution in [0.3, 0.4) is 0 Å². The number of pyridine rings is 1. The first kappa shape index (κ1) is 13.3. The minimum atomic E-state index is -2.65. The summed E-state index contributed by atoms with van der Waals surface area (Å²) in [5, 5.41) is 0. The average molecular weight is 216 g/mol. The monoisotopic (exact) mass is 215 g/mol. The first-order chi connectivity index (χ1) is 4.73. The van der Waals surface area contributed by atoms with Gasteiger partial charge in [0.05, 0.1) is 0 Å². The van der Waals surface area contributed by atoms with Crippen LogP contribution < -0.4 is 0 Å². The second kappa shape index (κ2) is 9.68. The van der Waals surface area contributed by atoms with Crippen molar-refractivity contribution in [2.24, 2.45) is 0 Å². The molecule has 0 atom stereocenters. The summed E-state index contributed by atoms with van der Waals surface area (Å²) in [5.74, 6) is 0. The van der Waals surface area contributed by atoms with Crippen LogP contribution >= 0.6 is 23.1 Å². The van der Waals surface area contributed by atoms with Gasteiger partial charge in [0.1, 0.15) is 0 Å². The first-order valence-corrected chi connectivity index (χ1v) is 4.47. The van der Waals surface area contributed by atoms with Crippen LogP contribution in [0.1, 0.15) is 0 Å². The second-order valence-electron chi connectivity index (χ2n) is 1.24. The van der Waals surface area contributed by atoms with Gasteiger partial charge in [-0.1, -0.05) is 6.07 Å². The zero-order valence-electron chi connectivity index (χ0n) is 5.38. The normalized spacial score (nSPS) is 7.45. The Balaban J connectivity index is 0. The molecule has 1 aromatic rings. The number of halogens is 2. The lowest BCUT2D eigenvalue weighted by Gasteiger charge is -1.70. The minimum absolute atomic E-state index is 0. The molecular formula is C5H7Cl2NO2S. The molecule has 0 fully saturated rings. The van der Waals surface area contributed by atoms with Gasteiger partial charge >= 0.3 is 0 Å². The molecule has 0 saturated carbocycles. The zero-order chi connectivity index (χ0) is 7.82. The molecule has 1 rings (SSSR count). The molecule has 0 aliphatic heterocycles. The van der Waals surface area contributed by atoms with E-state index in [1.165, 1.54) is 0 Å². The Morgan fingerprint density at radius 1 is 1.09 bits per heavy atom. The van der Waals surface area contributed by atoms with Crippen LogP contribution in [0.15, 0.2) is 30.6 Å². The third-order valence-corrected chi connectivity index (χ3v) is 0.566. The van der Waals surface area contributed by atoms with Crippen molar-refractivity contribution in [3.8, 4) is 0 Å². The summed E-state index contributed by atoms with van der Waals surface area (Å²) in [7, 11) is 1.58. The van der Waals surface area contributed by atoms with Gasteiger partial charge in [0.25, 0.3) is 0 Å². The summed E-state index contributed by atoms with van der Waals surface area (Å²) >= 11 is 0. The highest BCUT2D eigenvalue weighted by molar-refractivity contribution is 7.98. The molecule has 11 heavy (non-hydrogen) atoms. The number of nitrogens with zero attached hydrogens (tertiary/aromatic N) is 1. The Morgan fingerprint density at radius 2 is 1.45 bits per heavy atom. The lowest BCUT2D eigenvalue weighted by atomic mass is 10.5. The van der Waals surface area contributed by atoms with Crippen molar-refractivity contribution < 1.29 is 8.42 Å². The maximum atomic E-state index is 8.80. The fraction of sp³-hybridized carbons (Fsp3) is 0. The average Bonchev–Trinajstić information content (AvgIpc) is 1.90. The largest absolute Gasteiger partial charge is 0.265 e. The van der Waals surface area contributed by atoms with Gasteiger partial charge in [-0.2, -0.15) is 0 Å². The van der Waals surface area contributed by atoms with E-state index in [4.69, 9.17) is 8.42 Å². The predicted molar refractivity (Wildman–Crippen MR) is 47.7 cm³/mol. The minimum Gasteiger partial charge on any atom is -0.265 e. The van der Waals surface area contributed by atoms with Crippen molar-refractivity contribution in [1.82, 2.24) is 4.98 Å². The van der Waals surface area contributed by atoms with E-state index in [9.17, 15) is 0 Å². The van der Waals surface area contributed by atoms with E-state index in [-0.39, 0.29) is 12.4 Å². The fourth-order valence-corrected chi connectivity index (χ4v) is 0.313. The Bertz CT molecular complexity index is 192. The number of aromatic nitrogens is 1. The molecule has 0 aliphatic carbocycles. The van der Waals surface area contributed by atoms with E-state index in [0.29, 0.717) is 0 Å². The van der Waals surface area contributed by atoms with Gasteiger partial charge in [0.2, 0.25) is 9.92 Å².